The van der Waals surface area contributed by atoms with E-state index in [4.69, 9.17) is 6.42 Å². The van der Waals surface area contributed by atoms with Crippen molar-refractivity contribution >= 4 is 51.9 Å². The summed E-state index contributed by atoms with van der Waals surface area (Å²) >= 11 is 3.92. The summed E-state index contributed by atoms with van der Waals surface area (Å²) in [6.45, 7) is 3.26. The second kappa shape index (κ2) is 12.7. The second-order valence-electron chi connectivity index (χ2n) is 6.90. The van der Waals surface area contributed by atoms with E-state index in [0.717, 1.165) is 16.5 Å². The number of anilines is 1. The SMILES string of the molecule is C#CCNC(=O)C(C#N)CC1SC(CCNc2cccc(CCI)c2)C(=O)N1CC. The van der Waals surface area contributed by atoms with Crippen LogP contribution in [0.5, 0.6) is 0 Å². The van der Waals surface area contributed by atoms with Crippen LogP contribution in [0.15, 0.2) is 24.3 Å². The number of hydrogen-bond donors (Lipinski definition) is 2. The van der Waals surface area contributed by atoms with Gasteiger partial charge in [0.1, 0.15) is 5.92 Å². The van der Waals surface area contributed by atoms with Crippen molar-refractivity contribution in [1.29, 1.82) is 5.26 Å². The van der Waals surface area contributed by atoms with E-state index in [2.05, 4.69) is 51.3 Å². The third-order valence-corrected chi connectivity index (χ3v) is 6.95. The molecule has 3 unspecified atom stereocenters. The number of nitrogens with one attached hydrogen (secondary N) is 2. The zero-order chi connectivity index (χ0) is 21.9. The fourth-order valence-corrected chi connectivity index (χ4v) is 5.57. The zero-order valence-electron chi connectivity index (χ0n) is 17.1. The first-order valence-electron chi connectivity index (χ1n) is 9.99. The highest BCUT2D eigenvalue weighted by Crippen LogP contribution is 2.36. The zero-order valence-corrected chi connectivity index (χ0v) is 20.0. The molecular formula is C22H27IN4O2S. The number of amides is 2. The number of alkyl halides is 1. The van der Waals surface area contributed by atoms with Crippen LogP contribution in [0.2, 0.25) is 0 Å². The Labute approximate surface area is 196 Å². The number of halogens is 1. The van der Waals surface area contributed by atoms with E-state index in [9.17, 15) is 14.9 Å². The Balaban J connectivity index is 1.92. The molecule has 160 valence electrons. The average molecular weight is 538 g/mol. The standard InChI is InChI=1S/C22H27IN4O2S/c1-3-11-26-21(28)17(15-24)14-20-27(4-2)22(29)19(30-20)9-12-25-18-7-5-6-16(13-18)8-10-23/h1,5-7,13,17,19-20,25H,4,8-12,14H2,2H3,(H,26,28). The molecule has 2 amide bonds. The van der Waals surface area contributed by atoms with Gasteiger partial charge in [0, 0.05) is 29.6 Å². The van der Waals surface area contributed by atoms with Gasteiger partial charge < -0.3 is 15.5 Å². The lowest BCUT2D eigenvalue weighted by molar-refractivity contribution is -0.131. The summed E-state index contributed by atoms with van der Waals surface area (Å²) in [4.78, 5) is 26.7. The minimum absolute atomic E-state index is 0.0775. The minimum atomic E-state index is -0.824. The van der Waals surface area contributed by atoms with Crippen LogP contribution in [0.3, 0.4) is 0 Å². The van der Waals surface area contributed by atoms with E-state index >= 15 is 0 Å². The topological polar surface area (TPSA) is 85.2 Å². The maximum Gasteiger partial charge on any atom is 0.238 e. The largest absolute Gasteiger partial charge is 0.385 e. The van der Waals surface area contributed by atoms with Gasteiger partial charge in [0.2, 0.25) is 11.8 Å². The number of terminal acetylenes is 1. The van der Waals surface area contributed by atoms with Gasteiger partial charge in [0.15, 0.2) is 0 Å². The van der Waals surface area contributed by atoms with Crippen molar-refractivity contribution < 1.29 is 9.59 Å². The van der Waals surface area contributed by atoms with Crippen LogP contribution in [-0.4, -0.2) is 51.4 Å². The molecule has 3 atom stereocenters. The lowest BCUT2D eigenvalue weighted by atomic mass is 10.1. The highest BCUT2D eigenvalue weighted by Gasteiger charge is 2.40. The van der Waals surface area contributed by atoms with Crippen LogP contribution in [0.25, 0.3) is 0 Å². The molecule has 8 heteroatoms. The average Bonchev–Trinajstić information content (AvgIpc) is 3.05. The maximum absolute atomic E-state index is 12.8. The summed E-state index contributed by atoms with van der Waals surface area (Å²) in [6, 6.07) is 10.4. The molecule has 30 heavy (non-hydrogen) atoms. The molecule has 1 heterocycles. The molecule has 1 aliphatic rings. The monoisotopic (exact) mass is 538 g/mol. The summed E-state index contributed by atoms with van der Waals surface area (Å²) in [5.41, 5.74) is 2.36. The first-order valence-corrected chi connectivity index (χ1v) is 12.5. The molecule has 0 aliphatic carbocycles. The summed E-state index contributed by atoms with van der Waals surface area (Å²) in [6.07, 6.45) is 7.19. The lowest BCUT2D eigenvalue weighted by Crippen LogP contribution is -2.38. The van der Waals surface area contributed by atoms with E-state index in [1.165, 1.54) is 5.56 Å². The third kappa shape index (κ3) is 6.82. The first kappa shape index (κ1) is 24.4. The normalized spacial score (nSPS) is 19.1. The van der Waals surface area contributed by atoms with Crippen molar-refractivity contribution in [3.63, 3.8) is 0 Å². The van der Waals surface area contributed by atoms with E-state index < -0.39 is 5.92 Å². The molecule has 1 aliphatic heterocycles. The molecule has 1 aromatic rings. The van der Waals surface area contributed by atoms with Crippen LogP contribution >= 0.6 is 34.4 Å². The van der Waals surface area contributed by atoms with Crippen LogP contribution in [0.1, 0.15) is 25.3 Å². The number of thioether (sulfide) groups is 1. The predicted octanol–water partition coefficient (Wildman–Crippen LogP) is 3.04. The van der Waals surface area contributed by atoms with Crippen molar-refractivity contribution in [2.45, 2.75) is 36.8 Å². The first-order chi connectivity index (χ1) is 14.5. The van der Waals surface area contributed by atoms with Gasteiger partial charge in [-0.2, -0.15) is 5.26 Å². The Morgan fingerprint density at radius 1 is 1.47 bits per heavy atom. The van der Waals surface area contributed by atoms with Gasteiger partial charge in [-0.3, -0.25) is 9.59 Å². The summed E-state index contributed by atoms with van der Waals surface area (Å²) in [7, 11) is 0. The van der Waals surface area contributed by atoms with Crippen LogP contribution < -0.4 is 10.6 Å². The molecule has 2 rings (SSSR count). The van der Waals surface area contributed by atoms with Crippen LogP contribution in [0, 0.1) is 29.6 Å². The predicted molar refractivity (Wildman–Crippen MR) is 130 cm³/mol. The second-order valence-corrected chi connectivity index (χ2v) is 9.36. The van der Waals surface area contributed by atoms with Gasteiger partial charge >= 0.3 is 0 Å². The number of benzene rings is 1. The molecular weight excluding hydrogens is 511 g/mol. The van der Waals surface area contributed by atoms with E-state index in [1.807, 2.05) is 25.1 Å². The number of aryl methyl sites for hydroxylation is 1. The summed E-state index contributed by atoms with van der Waals surface area (Å²) < 4.78 is 1.08. The molecule has 0 aromatic heterocycles. The Morgan fingerprint density at radius 2 is 2.27 bits per heavy atom. The Morgan fingerprint density at radius 3 is 2.93 bits per heavy atom. The van der Waals surface area contributed by atoms with Crippen LogP contribution in [0.4, 0.5) is 5.69 Å². The van der Waals surface area contributed by atoms with Gasteiger partial charge in [0.25, 0.3) is 0 Å². The molecule has 0 spiro atoms. The Kier molecular flexibility index (Phi) is 10.3. The van der Waals surface area contributed by atoms with E-state index in [-0.39, 0.29) is 29.0 Å². The lowest BCUT2D eigenvalue weighted by Gasteiger charge is -2.23. The molecule has 1 fully saturated rings. The van der Waals surface area contributed by atoms with E-state index in [1.54, 1.807) is 16.7 Å². The number of carbonyl (C=O) groups is 2. The third-order valence-electron chi connectivity index (χ3n) is 4.89. The molecule has 0 radical (unpaired) electrons. The van der Waals surface area contributed by atoms with E-state index in [0.29, 0.717) is 25.9 Å². The molecule has 1 saturated heterocycles. The highest BCUT2D eigenvalue weighted by atomic mass is 127. The molecule has 6 nitrogen and oxygen atoms in total. The number of nitrogens with zero attached hydrogens (tertiary/aromatic N) is 2. The molecule has 2 N–H and O–H groups in total. The summed E-state index contributed by atoms with van der Waals surface area (Å²) in [5, 5.41) is 15.0. The molecule has 0 bridgehead atoms. The van der Waals surface area contributed by atoms with Crippen molar-refractivity contribution in [2.75, 3.05) is 29.4 Å². The minimum Gasteiger partial charge on any atom is -0.385 e. The van der Waals surface area contributed by atoms with Crippen molar-refractivity contribution in [3.05, 3.63) is 29.8 Å². The fraction of sp³-hybridized carbons (Fsp3) is 0.500. The quantitative estimate of drug-likeness (QED) is 0.257. The van der Waals surface area contributed by atoms with Gasteiger partial charge in [-0.15, -0.1) is 18.2 Å². The number of carbonyl (C=O) groups excluding carboxylic acids is 2. The number of rotatable bonds is 11. The van der Waals surface area contributed by atoms with Crippen molar-refractivity contribution in [3.8, 4) is 18.4 Å². The Hall–Kier alpha value is -1.91. The molecule has 1 aromatic carbocycles. The number of nitriles is 1. The smallest absolute Gasteiger partial charge is 0.238 e. The van der Waals surface area contributed by atoms with Gasteiger partial charge in [0.05, 0.1) is 23.2 Å². The Bertz CT molecular complexity index is 820. The van der Waals surface area contributed by atoms with Gasteiger partial charge in [-0.1, -0.05) is 40.6 Å². The highest BCUT2D eigenvalue weighted by molar-refractivity contribution is 14.1. The van der Waals surface area contributed by atoms with Crippen molar-refractivity contribution in [1.82, 2.24) is 10.2 Å². The summed E-state index contributed by atoms with van der Waals surface area (Å²) in [5.74, 6) is 1.21. The number of hydrogen-bond acceptors (Lipinski definition) is 5. The maximum atomic E-state index is 12.8. The van der Waals surface area contributed by atoms with Gasteiger partial charge in [-0.05, 0) is 37.5 Å². The van der Waals surface area contributed by atoms with Crippen molar-refractivity contribution in [2.24, 2.45) is 5.92 Å². The molecule has 0 saturated carbocycles. The van der Waals surface area contributed by atoms with Gasteiger partial charge in [-0.25, -0.2) is 0 Å². The van der Waals surface area contributed by atoms with Crippen LogP contribution in [-0.2, 0) is 16.0 Å². The fourth-order valence-electron chi connectivity index (χ4n) is 3.36.